The van der Waals surface area contributed by atoms with Gasteiger partial charge in [0, 0.05) is 16.5 Å². The third-order valence-electron chi connectivity index (χ3n) is 4.81. The molecule has 0 aliphatic rings. The van der Waals surface area contributed by atoms with Crippen LogP contribution in [0.25, 0.3) is 11.0 Å². The molecule has 3 aromatic rings. The second kappa shape index (κ2) is 7.94. The highest BCUT2D eigenvalue weighted by atomic mass is 16.3. The van der Waals surface area contributed by atoms with Gasteiger partial charge in [-0.3, -0.25) is 4.79 Å². The molecule has 1 amide bonds. The Balaban J connectivity index is 1.65. The van der Waals surface area contributed by atoms with Crippen LogP contribution in [0.2, 0.25) is 0 Å². The molecule has 1 atom stereocenters. The summed E-state index contributed by atoms with van der Waals surface area (Å²) < 4.78 is 5.90. The van der Waals surface area contributed by atoms with Crippen LogP contribution in [0, 0.1) is 0 Å². The van der Waals surface area contributed by atoms with E-state index in [0.29, 0.717) is 5.56 Å². The normalized spacial score (nSPS) is 13.0. The lowest BCUT2D eigenvalue weighted by molar-refractivity contribution is 0.100. The standard InChI is InChI=1S/C22H26N2O3/c1-22(2,12-11-15-7-9-16(10-8-15)21(23)26)24-18(14-25)20-13-17-5-3-4-6-19(17)27-20/h3-10,13,18,24-25H,11-12,14H2,1-2H3,(H2,23,26). The number of aliphatic hydroxyl groups excluding tert-OH is 1. The number of furan rings is 1. The van der Waals surface area contributed by atoms with Crippen LogP contribution in [0.4, 0.5) is 0 Å². The number of nitrogens with one attached hydrogen (secondary N) is 1. The molecule has 0 spiro atoms. The van der Waals surface area contributed by atoms with Crippen LogP contribution in [0.3, 0.4) is 0 Å². The first-order valence-corrected chi connectivity index (χ1v) is 9.14. The fourth-order valence-electron chi connectivity index (χ4n) is 3.22. The number of primary amides is 1. The Morgan fingerprint density at radius 2 is 1.89 bits per heavy atom. The number of aryl methyl sites for hydroxylation is 1. The summed E-state index contributed by atoms with van der Waals surface area (Å²) in [6.07, 6.45) is 1.71. The Hall–Kier alpha value is -2.63. The van der Waals surface area contributed by atoms with E-state index in [2.05, 4.69) is 19.2 Å². The molecule has 3 rings (SSSR count). The van der Waals surface area contributed by atoms with Crippen LogP contribution in [0.1, 0.15) is 48.0 Å². The number of hydrogen-bond acceptors (Lipinski definition) is 4. The third kappa shape index (κ3) is 4.76. The van der Waals surface area contributed by atoms with E-state index in [1.54, 1.807) is 12.1 Å². The zero-order chi connectivity index (χ0) is 19.4. The number of para-hydroxylation sites is 1. The average molecular weight is 366 g/mol. The van der Waals surface area contributed by atoms with E-state index in [-0.39, 0.29) is 18.2 Å². The largest absolute Gasteiger partial charge is 0.459 e. The van der Waals surface area contributed by atoms with Gasteiger partial charge in [-0.1, -0.05) is 30.3 Å². The van der Waals surface area contributed by atoms with Crippen LogP contribution in [-0.2, 0) is 6.42 Å². The highest BCUT2D eigenvalue weighted by molar-refractivity contribution is 5.92. The number of aliphatic hydroxyl groups is 1. The Kier molecular flexibility index (Phi) is 5.63. The van der Waals surface area contributed by atoms with Crippen LogP contribution in [0.5, 0.6) is 0 Å². The first-order valence-electron chi connectivity index (χ1n) is 9.14. The fraction of sp³-hybridized carbons (Fsp3) is 0.318. The molecule has 142 valence electrons. The van der Waals surface area contributed by atoms with Crippen LogP contribution >= 0.6 is 0 Å². The summed E-state index contributed by atoms with van der Waals surface area (Å²) >= 11 is 0. The van der Waals surface area contributed by atoms with E-state index in [1.165, 1.54) is 0 Å². The van der Waals surface area contributed by atoms with E-state index < -0.39 is 5.91 Å². The van der Waals surface area contributed by atoms with Gasteiger partial charge in [-0.25, -0.2) is 0 Å². The molecule has 5 heteroatoms. The maximum Gasteiger partial charge on any atom is 0.248 e. The van der Waals surface area contributed by atoms with E-state index in [4.69, 9.17) is 10.2 Å². The van der Waals surface area contributed by atoms with Gasteiger partial charge in [0.1, 0.15) is 11.3 Å². The topological polar surface area (TPSA) is 88.5 Å². The number of fused-ring (bicyclic) bond motifs is 1. The lowest BCUT2D eigenvalue weighted by Crippen LogP contribution is -2.43. The van der Waals surface area contributed by atoms with E-state index >= 15 is 0 Å². The second-order valence-electron chi connectivity index (χ2n) is 7.51. The van der Waals surface area contributed by atoms with Gasteiger partial charge in [-0.2, -0.15) is 0 Å². The number of rotatable bonds is 8. The Labute approximate surface area is 159 Å². The molecule has 0 radical (unpaired) electrons. The maximum atomic E-state index is 11.2. The average Bonchev–Trinajstić information content (AvgIpc) is 3.09. The van der Waals surface area contributed by atoms with E-state index in [0.717, 1.165) is 35.1 Å². The zero-order valence-electron chi connectivity index (χ0n) is 15.7. The summed E-state index contributed by atoms with van der Waals surface area (Å²) in [4.78, 5) is 11.2. The van der Waals surface area contributed by atoms with Crippen molar-refractivity contribution in [3.8, 4) is 0 Å². The summed E-state index contributed by atoms with van der Waals surface area (Å²) in [6.45, 7) is 4.17. The lowest BCUT2D eigenvalue weighted by atomic mass is 9.93. The molecule has 4 N–H and O–H groups in total. The summed E-state index contributed by atoms with van der Waals surface area (Å²) in [5, 5.41) is 14.4. The molecule has 0 aliphatic heterocycles. The minimum absolute atomic E-state index is 0.0451. The molecular formula is C22H26N2O3. The zero-order valence-corrected chi connectivity index (χ0v) is 15.7. The molecule has 0 aliphatic carbocycles. The minimum Gasteiger partial charge on any atom is -0.459 e. The number of carbonyl (C=O) groups is 1. The predicted molar refractivity (Wildman–Crippen MR) is 107 cm³/mol. The molecule has 2 aromatic carbocycles. The van der Waals surface area contributed by atoms with Gasteiger partial charge in [0.2, 0.25) is 5.91 Å². The minimum atomic E-state index is -0.417. The SMILES string of the molecule is CC(C)(CCc1ccc(C(N)=O)cc1)NC(CO)c1cc2ccccc2o1. The maximum absolute atomic E-state index is 11.2. The van der Waals surface area contributed by atoms with Crippen LogP contribution in [0.15, 0.2) is 59.0 Å². The van der Waals surface area contributed by atoms with E-state index in [1.807, 2.05) is 42.5 Å². The second-order valence-corrected chi connectivity index (χ2v) is 7.51. The predicted octanol–water partition coefficient (Wildman–Crippen LogP) is 3.57. The molecule has 5 nitrogen and oxygen atoms in total. The van der Waals surface area contributed by atoms with Crippen LogP contribution < -0.4 is 11.1 Å². The van der Waals surface area contributed by atoms with Gasteiger partial charge in [0.25, 0.3) is 0 Å². The number of benzene rings is 2. The number of amides is 1. The van der Waals surface area contributed by atoms with Crippen molar-refractivity contribution in [3.05, 3.63) is 71.5 Å². The fourth-order valence-corrected chi connectivity index (χ4v) is 3.22. The van der Waals surface area contributed by atoms with E-state index in [9.17, 15) is 9.90 Å². The molecule has 1 heterocycles. The van der Waals surface area contributed by atoms with Gasteiger partial charge >= 0.3 is 0 Å². The monoisotopic (exact) mass is 366 g/mol. The summed E-state index contributed by atoms with van der Waals surface area (Å²) in [5.74, 6) is 0.317. The Morgan fingerprint density at radius 3 is 2.52 bits per heavy atom. The van der Waals surface area contributed by atoms with Crippen molar-refractivity contribution in [2.75, 3.05) is 6.61 Å². The van der Waals surface area contributed by atoms with Gasteiger partial charge in [0.05, 0.1) is 12.6 Å². The third-order valence-corrected chi connectivity index (χ3v) is 4.81. The first kappa shape index (κ1) is 19.1. The first-order chi connectivity index (χ1) is 12.9. The van der Waals surface area contributed by atoms with Crippen molar-refractivity contribution in [1.82, 2.24) is 5.32 Å². The van der Waals surface area contributed by atoms with Crippen molar-refractivity contribution in [2.45, 2.75) is 38.3 Å². The summed E-state index contributed by atoms with van der Waals surface area (Å²) in [6, 6.07) is 16.9. The molecule has 1 aromatic heterocycles. The lowest BCUT2D eigenvalue weighted by Gasteiger charge is -2.30. The van der Waals surface area contributed by atoms with Gasteiger partial charge in [-0.15, -0.1) is 0 Å². The highest BCUT2D eigenvalue weighted by Crippen LogP contribution is 2.26. The van der Waals surface area contributed by atoms with Gasteiger partial charge < -0.3 is 20.6 Å². The van der Waals surface area contributed by atoms with Crippen molar-refractivity contribution in [1.29, 1.82) is 0 Å². The Bertz CT molecular complexity index is 880. The van der Waals surface area contributed by atoms with Gasteiger partial charge in [0.15, 0.2) is 0 Å². The number of nitrogens with two attached hydrogens (primary N) is 1. The molecular weight excluding hydrogens is 340 g/mol. The van der Waals surface area contributed by atoms with Crippen molar-refractivity contribution >= 4 is 16.9 Å². The summed E-state index contributed by atoms with van der Waals surface area (Å²) in [7, 11) is 0. The number of hydrogen-bond donors (Lipinski definition) is 3. The molecule has 0 saturated heterocycles. The highest BCUT2D eigenvalue weighted by Gasteiger charge is 2.25. The smallest absolute Gasteiger partial charge is 0.248 e. The van der Waals surface area contributed by atoms with Crippen molar-refractivity contribution in [2.24, 2.45) is 5.73 Å². The molecule has 0 fully saturated rings. The van der Waals surface area contributed by atoms with Crippen LogP contribution in [-0.4, -0.2) is 23.2 Å². The quantitative estimate of drug-likeness (QED) is 0.569. The number of carbonyl (C=O) groups excluding carboxylic acids is 1. The molecule has 0 bridgehead atoms. The molecule has 1 unspecified atom stereocenters. The Morgan fingerprint density at radius 1 is 1.19 bits per heavy atom. The molecule has 0 saturated carbocycles. The van der Waals surface area contributed by atoms with Gasteiger partial charge in [-0.05, 0) is 56.5 Å². The molecule has 27 heavy (non-hydrogen) atoms. The summed E-state index contributed by atoms with van der Waals surface area (Å²) in [5.41, 5.74) is 7.54. The van der Waals surface area contributed by atoms with Crippen molar-refractivity contribution in [3.63, 3.8) is 0 Å². The van der Waals surface area contributed by atoms with Crippen molar-refractivity contribution < 1.29 is 14.3 Å².